The van der Waals surface area contributed by atoms with Gasteiger partial charge >= 0.3 is 30.6 Å². The molecule has 10 nitrogen and oxygen atoms in total. The topological polar surface area (TPSA) is 114 Å². The van der Waals surface area contributed by atoms with Crippen LogP contribution in [0.25, 0.3) is 0 Å². The number of ether oxygens (including phenoxy) is 3. The summed E-state index contributed by atoms with van der Waals surface area (Å²) in [5.74, 6) is -1.28. The average Bonchev–Trinajstić information content (AvgIpc) is 3.98. The van der Waals surface area contributed by atoms with E-state index in [9.17, 15) is 49.1 Å². The van der Waals surface area contributed by atoms with Crippen LogP contribution < -0.4 is 14.5 Å². The molecule has 19 heteroatoms. The number of benzene rings is 2. The molecule has 2 aliphatic carbocycles. The van der Waals surface area contributed by atoms with E-state index in [2.05, 4.69) is 9.97 Å². The second-order valence-electron chi connectivity index (χ2n) is 14.0. The molecule has 55 heavy (non-hydrogen) atoms. The molecule has 0 bridgehead atoms. The van der Waals surface area contributed by atoms with E-state index in [0.29, 0.717) is 18.6 Å². The van der Waals surface area contributed by atoms with Gasteiger partial charge in [0.25, 0.3) is 0 Å². The standard InChI is InChI=1S/C36H35F9N4O6/c1-20-14-33(20)19-32(26-13-22(34(37,38)39)5-6-27(26)49(33)31(52)55-7-3-4-29(50)51)15-28(32)48(30-46-16-25(17-47-30)54-9-8-53-2)18-21-10-23(35(40,41)42)12-24(11-21)36(43,44)45/h5-6,10-13,16-17,20,28H,3-4,7-9,14-15,18-19H2,1-2H3,(H,50,51)/t20-,28?,32?,33?/m0/s1. The maximum absolute atomic E-state index is 14.2. The van der Waals surface area contributed by atoms with Crippen molar-refractivity contribution in [2.75, 3.05) is 36.7 Å². The molecule has 3 unspecified atom stereocenters. The van der Waals surface area contributed by atoms with Gasteiger partial charge in [0, 0.05) is 31.5 Å². The number of hydrogen-bond acceptors (Lipinski definition) is 8. The molecule has 1 aromatic heterocycles. The van der Waals surface area contributed by atoms with Crippen molar-refractivity contribution in [1.82, 2.24) is 9.97 Å². The molecule has 2 fully saturated rings. The summed E-state index contributed by atoms with van der Waals surface area (Å²) in [5.41, 5.74) is -6.56. The number of aliphatic carboxylic acids is 1. The molecule has 298 valence electrons. The summed E-state index contributed by atoms with van der Waals surface area (Å²) in [4.78, 5) is 35.9. The van der Waals surface area contributed by atoms with Crippen LogP contribution >= 0.6 is 0 Å². The zero-order valence-electron chi connectivity index (χ0n) is 29.3. The summed E-state index contributed by atoms with van der Waals surface area (Å²) < 4.78 is 142. The minimum atomic E-state index is -5.14. The van der Waals surface area contributed by atoms with Crippen molar-refractivity contribution in [1.29, 1.82) is 0 Å². The number of hydrogen-bond donors (Lipinski definition) is 1. The quantitative estimate of drug-likeness (QED) is 0.143. The highest BCUT2D eigenvalue weighted by molar-refractivity contribution is 5.93. The minimum absolute atomic E-state index is 0.00126. The van der Waals surface area contributed by atoms with Crippen molar-refractivity contribution < 1.29 is 68.4 Å². The lowest BCUT2D eigenvalue weighted by atomic mass is 9.79. The van der Waals surface area contributed by atoms with Crippen molar-refractivity contribution in [3.63, 3.8) is 0 Å². The van der Waals surface area contributed by atoms with E-state index in [4.69, 9.17) is 19.3 Å². The summed E-state index contributed by atoms with van der Waals surface area (Å²) in [6, 6.07) is 3.14. The molecule has 2 aromatic carbocycles. The predicted octanol–water partition coefficient (Wildman–Crippen LogP) is 8.27. The molecule has 2 heterocycles. The van der Waals surface area contributed by atoms with Gasteiger partial charge in [-0.05, 0) is 79.1 Å². The van der Waals surface area contributed by atoms with Crippen molar-refractivity contribution in [3.05, 3.63) is 76.6 Å². The van der Waals surface area contributed by atoms with E-state index < -0.39 is 76.4 Å². The van der Waals surface area contributed by atoms with Gasteiger partial charge in [-0.25, -0.2) is 14.8 Å². The lowest BCUT2D eigenvalue weighted by Crippen LogP contribution is -2.51. The average molecular weight is 791 g/mol. The van der Waals surface area contributed by atoms with Gasteiger partial charge in [0.05, 0.1) is 53.5 Å². The first-order chi connectivity index (χ1) is 25.7. The Balaban J connectivity index is 1.45. The van der Waals surface area contributed by atoms with E-state index in [-0.39, 0.29) is 80.4 Å². The number of halogens is 9. The Hall–Kier alpha value is -4.81. The zero-order chi connectivity index (χ0) is 40.1. The number of amides is 1. The molecule has 1 N–H and O–H groups in total. The van der Waals surface area contributed by atoms with Crippen LogP contribution in [0, 0.1) is 5.92 Å². The van der Waals surface area contributed by atoms with E-state index in [0.717, 1.165) is 18.2 Å². The number of carbonyl (C=O) groups excluding carboxylic acids is 1. The molecule has 3 aliphatic rings. The third-order valence-electron chi connectivity index (χ3n) is 10.4. The molecule has 6 rings (SSSR count). The Morgan fingerprint density at radius 1 is 0.891 bits per heavy atom. The third kappa shape index (κ3) is 8.11. The summed E-state index contributed by atoms with van der Waals surface area (Å²) in [7, 11) is 1.45. The second-order valence-corrected chi connectivity index (χ2v) is 14.0. The minimum Gasteiger partial charge on any atom is -0.488 e. The first-order valence-electron chi connectivity index (χ1n) is 17.1. The maximum atomic E-state index is 14.2. The first-order valence-corrected chi connectivity index (χ1v) is 17.1. The maximum Gasteiger partial charge on any atom is 0.416 e. The van der Waals surface area contributed by atoms with Gasteiger partial charge in [-0.2, -0.15) is 39.5 Å². The lowest BCUT2D eigenvalue weighted by Gasteiger charge is -2.43. The number of carboxylic acids is 1. The number of anilines is 2. The molecule has 2 spiro atoms. The van der Waals surface area contributed by atoms with Crippen LogP contribution in [0.4, 0.5) is 55.9 Å². The van der Waals surface area contributed by atoms with E-state index in [1.54, 1.807) is 0 Å². The van der Waals surface area contributed by atoms with Gasteiger partial charge in [0.1, 0.15) is 6.61 Å². The number of aromatic nitrogens is 2. The molecule has 0 saturated heterocycles. The van der Waals surface area contributed by atoms with Gasteiger partial charge in [0.2, 0.25) is 5.95 Å². The number of fused-ring (bicyclic) bond motifs is 2. The molecule has 2 saturated carbocycles. The first kappa shape index (κ1) is 39.9. The number of carboxylic acid groups (broad SMARTS) is 1. The van der Waals surface area contributed by atoms with Crippen LogP contribution in [-0.4, -0.2) is 65.6 Å². The normalized spacial score (nSPS) is 23.1. The summed E-state index contributed by atoms with van der Waals surface area (Å²) in [6.07, 6.45) is -13.3. The largest absolute Gasteiger partial charge is 0.488 e. The zero-order valence-corrected chi connectivity index (χ0v) is 29.3. The smallest absolute Gasteiger partial charge is 0.416 e. The Kier molecular flexibility index (Phi) is 10.4. The molecule has 1 amide bonds. The Morgan fingerprint density at radius 3 is 2.05 bits per heavy atom. The van der Waals surface area contributed by atoms with Crippen molar-refractivity contribution in [2.45, 2.75) is 81.1 Å². The van der Waals surface area contributed by atoms with Gasteiger partial charge in [0.15, 0.2) is 5.75 Å². The van der Waals surface area contributed by atoms with Gasteiger partial charge < -0.3 is 24.2 Å². The van der Waals surface area contributed by atoms with Crippen LogP contribution in [0.15, 0.2) is 48.8 Å². The molecule has 1 aliphatic heterocycles. The van der Waals surface area contributed by atoms with E-state index >= 15 is 0 Å². The predicted molar refractivity (Wildman–Crippen MR) is 175 cm³/mol. The molecular weight excluding hydrogens is 755 g/mol. The number of alkyl halides is 9. The van der Waals surface area contributed by atoms with E-state index in [1.807, 2.05) is 6.92 Å². The molecular formula is C36H35F9N4O6. The Labute approximate surface area is 308 Å². The summed E-state index contributed by atoms with van der Waals surface area (Å²) >= 11 is 0. The van der Waals surface area contributed by atoms with Crippen LogP contribution in [-0.2, 0) is 44.8 Å². The van der Waals surface area contributed by atoms with Crippen LogP contribution in [0.1, 0.15) is 66.8 Å². The van der Waals surface area contributed by atoms with Crippen molar-refractivity contribution in [3.8, 4) is 5.75 Å². The third-order valence-corrected chi connectivity index (χ3v) is 10.4. The number of nitrogens with zero attached hydrogens (tertiary/aromatic N) is 4. The van der Waals surface area contributed by atoms with Crippen LogP contribution in [0.2, 0.25) is 0 Å². The fourth-order valence-corrected chi connectivity index (χ4v) is 7.60. The number of rotatable bonds is 12. The Bertz CT molecular complexity index is 1890. The Morgan fingerprint density at radius 2 is 1.51 bits per heavy atom. The molecule has 3 aromatic rings. The van der Waals surface area contributed by atoms with Gasteiger partial charge in [-0.15, -0.1) is 0 Å². The van der Waals surface area contributed by atoms with E-state index in [1.165, 1.54) is 29.3 Å². The van der Waals surface area contributed by atoms with Crippen molar-refractivity contribution >= 4 is 23.7 Å². The monoisotopic (exact) mass is 790 g/mol. The second kappa shape index (κ2) is 14.4. The van der Waals surface area contributed by atoms with Gasteiger partial charge in [-0.3, -0.25) is 9.69 Å². The highest BCUT2D eigenvalue weighted by Crippen LogP contribution is 2.69. The highest BCUT2D eigenvalue weighted by atomic mass is 19.4. The summed E-state index contributed by atoms with van der Waals surface area (Å²) in [5, 5.41) is 8.98. The van der Waals surface area contributed by atoms with Crippen LogP contribution in [0.3, 0.4) is 0 Å². The number of carbonyl (C=O) groups is 2. The fraction of sp³-hybridized carbons (Fsp3) is 0.500. The van der Waals surface area contributed by atoms with Crippen molar-refractivity contribution in [2.24, 2.45) is 5.92 Å². The highest BCUT2D eigenvalue weighted by Gasteiger charge is 2.72. The SMILES string of the molecule is COCCOc1cnc(N(Cc2cc(C(F)(F)F)cc(C(F)(F)F)c2)C2CC23CC2(C[C@@H]2C)N(C(=O)OCCCC(=O)O)c2ccc(C(F)(F)F)cc23)nc1. The number of methoxy groups -OCH3 is 1. The fourth-order valence-electron chi connectivity index (χ4n) is 7.60. The summed E-state index contributed by atoms with van der Waals surface area (Å²) in [6.45, 7) is 1.27. The molecule has 4 atom stereocenters. The lowest BCUT2D eigenvalue weighted by molar-refractivity contribution is -0.143. The van der Waals surface area contributed by atoms with Gasteiger partial charge in [-0.1, -0.05) is 6.92 Å². The molecule has 0 radical (unpaired) electrons. The van der Waals surface area contributed by atoms with Crippen LogP contribution in [0.5, 0.6) is 5.75 Å².